The number of carbonyl (C=O) groups is 2. The zero-order valence-corrected chi connectivity index (χ0v) is 18.4. The van der Waals surface area contributed by atoms with Crippen molar-refractivity contribution in [3.8, 4) is 0 Å². The molecule has 0 radical (unpaired) electrons. The predicted molar refractivity (Wildman–Crippen MR) is 108 cm³/mol. The number of likely N-dealkylation sites (tertiary alicyclic amines) is 1. The van der Waals surface area contributed by atoms with Gasteiger partial charge in [0.05, 0.1) is 18.7 Å². The first kappa shape index (κ1) is 22.6. The van der Waals surface area contributed by atoms with E-state index in [0.717, 1.165) is 12.8 Å². The number of ketones is 1. The first-order valence-corrected chi connectivity index (χ1v) is 12.2. The molecule has 5 nitrogen and oxygen atoms in total. The second-order valence-electron chi connectivity index (χ2n) is 8.55. The van der Waals surface area contributed by atoms with Crippen molar-refractivity contribution in [1.29, 1.82) is 0 Å². The molecule has 0 N–H and O–H groups in total. The van der Waals surface area contributed by atoms with E-state index in [0.29, 0.717) is 12.2 Å². The van der Waals surface area contributed by atoms with Gasteiger partial charge >= 0.3 is 6.09 Å². The molecule has 0 saturated carbocycles. The Morgan fingerprint density at radius 3 is 2.35 bits per heavy atom. The Morgan fingerprint density at radius 1 is 1.23 bits per heavy atom. The Morgan fingerprint density at radius 2 is 1.85 bits per heavy atom. The molecule has 0 aromatic rings. The second kappa shape index (κ2) is 9.00. The first-order valence-electron chi connectivity index (χ1n) is 9.30. The van der Waals surface area contributed by atoms with Gasteiger partial charge < -0.3 is 9.16 Å². The van der Waals surface area contributed by atoms with Gasteiger partial charge in [-0.2, -0.15) is 0 Å². The molecule has 1 amide bonds. The quantitative estimate of drug-likeness (QED) is 0.364. The largest absolute Gasteiger partial charge is 0.445 e. The van der Waals surface area contributed by atoms with Gasteiger partial charge in [-0.15, -0.1) is 0 Å². The van der Waals surface area contributed by atoms with Crippen molar-refractivity contribution in [2.24, 2.45) is 0 Å². The van der Waals surface area contributed by atoms with E-state index in [2.05, 4.69) is 40.4 Å². The molecule has 0 aromatic heterocycles. The van der Waals surface area contributed by atoms with Crippen molar-refractivity contribution in [3.63, 3.8) is 0 Å². The summed E-state index contributed by atoms with van der Waals surface area (Å²) in [6.07, 6.45) is 4.71. The molecule has 0 bridgehead atoms. The molecule has 1 rings (SSSR count). The molecule has 2 unspecified atom stereocenters. The van der Waals surface area contributed by atoms with Gasteiger partial charge in [-0.1, -0.05) is 39.5 Å². The highest BCUT2D eigenvalue weighted by Crippen LogP contribution is 2.37. The number of rotatable bonds is 7. The lowest BCUT2D eigenvalue weighted by molar-refractivity contribution is -0.113. The highest BCUT2D eigenvalue weighted by molar-refractivity contribution is 6.74. The van der Waals surface area contributed by atoms with Crippen LogP contribution in [0.25, 0.3) is 0 Å². The zero-order chi connectivity index (χ0) is 20.1. The van der Waals surface area contributed by atoms with E-state index >= 15 is 0 Å². The second-order valence-corrected chi connectivity index (χ2v) is 13.4. The topological polar surface area (TPSA) is 55.8 Å². The van der Waals surface area contributed by atoms with Gasteiger partial charge in [-0.25, -0.2) is 4.79 Å². The standard InChI is InChI=1S/C20H35NO4Si/c1-9-12-24-19(23)21-17(13-15(2)16(3)22)10-11-18(21)14-25-26(7,8)20(4,5)6/h9,13,17-18H,1,10-12,14H2,2-8H3. The van der Waals surface area contributed by atoms with E-state index in [1.54, 1.807) is 24.8 Å². The maximum Gasteiger partial charge on any atom is 0.410 e. The summed E-state index contributed by atoms with van der Waals surface area (Å²) in [6, 6.07) is -0.174. The van der Waals surface area contributed by atoms with Crippen molar-refractivity contribution < 1.29 is 18.8 Å². The van der Waals surface area contributed by atoms with Crippen LogP contribution in [0.4, 0.5) is 4.79 Å². The summed E-state index contributed by atoms with van der Waals surface area (Å²) in [4.78, 5) is 25.9. The van der Waals surface area contributed by atoms with E-state index in [9.17, 15) is 9.59 Å². The normalized spacial score (nSPS) is 21.7. The Labute approximate surface area is 159 Å². The first-order chi connectivity index (χ1) is 11.9. The van der Waals surface area contributed by atoms with Crippen LogP contribution in [0.5, 0.6) is 0 Å². The number of hydrogen-bond acceptors (Lipinski definition) is 4. The van der Waals surface area contributed by atoms with Crippen LogP contribution in [-0.4, -0.2) is 50.4 Å². The Hall–Kier alpha value is -1.40. The Kier molecular flexibility index (Phi) is 7.83. The monoisotopic (exact) mass is 381 g/mol. The molecular formula is C20H35NO4Si. The lowest BCUT2D eigenvalue weighted by Crippen LogP contribution is -2.47. The van der Waals surface area contributed by atoms with Crippen molar-refractivity contribution >= 4 is 20.2 Å². The van der Waals surface area contributed by atoms with Crippen LogP contribution in [0.1, 0.15) is 47.5 Å². The number of ether oxygens (including phenoxy) is 1. The number of allylic oxidation sites excluding steroid dienone is 1. The molecule has 1 saturated heterocycles. The molecular weight excluding hydrogens is 346 g/mol. The molecule has 0 spiro atoms. The van der Waals surface area contributed by atoms with E-state index < -0.39 is 8.32 Å². The van der Waals surface area contributed by atoms with Gasteiger partial charge in [0.15, 0.2) is 14.1 Å². The summed E-state index contributed by atoms with van der Waals surface area (Å²) in [5.41, 5.74) is 0.669. The van der Waals surface area contributed by atoms with Crippen molar-refractivity contribution in [1.82, 2.24) is 4.90 Å². The average Bonchev–Trinajstić information content (AvgIpc) is 2.92. The minimum Gasteiger partial charge on any atom is -0.445 e. The predicted octanol–water partition coefficient (Wildman–Crippen LogP) is 4.70. The number of nitrogens with zero attached hydrogens (tertiary/aromatic N) is 1. The van der Waals surface area contributed by atoms with E-state index in [4.69, 9.17) is 9.16 Å². The van der Waals surface area contributed by atoms with Crippen LogP contribution in [0.2, 0.25) is 18.1 Å². The van der Waals surface area contributed by atoms with Crippen LogP contribution in [0.15, 0.2) is 24.3 Å². The van der Waals surface area contributed by atoms with Gasteiger partial charge in [0.1, 0.15) is 6.61 Å². The third kappa shape index (κ3) is 5.81. The maximum atomic E-state index is 12.6. The number of carbonyl (C=O) groups excluding carboxylic acids is 2. The summed E-state index contributed by atoms with van der Waals surface area (Å²) in [5, 5.41) is 0.115. The van der Waals surface area contributed by atoms with Gasteiger partial charge in [0.25, 0.3) is 0 Å². The van der Waals surface area contributed by atoms with Crippen LogP contribution >= 0.6 is 0 Å². The number of amides is 1. The average molecular weight is 382 g/mol. The molecule has 0 aromatic carbocycles. The SMILES string of the molecule is C=CCOC(=O)N1C(C=C(C)C(C)=O)CCC1CO[Si](C)(C)C(C)(C)C. The molecule has 1 heterocycles. The number of hydrogen-bond donors (Lipinski definition) is 0. The summed E-state index contributed by atoms with van der Waals surface area (Å²) < 4.78 is 11.6. The van der Waals surface area contributed by atoms with Gasteiger partial charge in [-0.05, 0) is 50.4 Å². The molecule has 0 aliphatic carbocycles. The van der Waals surface area contributed by atoms with Crippen LogP contribution in [-0.2, 0) is 14.0 Å². The minimum atomic E-state index is -1.90. The fraction of sp³-hybridized carbons (Fsp3) is 0.700. The highest BCUT2D eigenvalue weighted by Gasteiger charge is 2.41. The van der Waals surface area contributed by atoms with Gasteiger partial charge in [0.2, 0.25) is 0 Å². The molecule has 1 aliphatic rings. The summed E-state index contributed by atoms with van der Waals surface area (Å²) in [6.45, 7) is 18.6. The summed E-state index contributed by atoms with van der Waals surface area (Å²) in [7, 11) is -1.90. The van der Waals surface area contributed by atoms with E-state index in [-0.39, 0.29) is 35.6 Å². The van der Waals surface area contributed by atoms with E-state index in [1.807, 2.05) is 6.08 Å². The van der Waals surface area contributed by atoms with Gasteiger partial charge in [0, 0.05) is 0 Å². The van der Waals surface area contributed by atoms with Crippen LogP contribution in [0, 0.1) is 0 Å². The summed E-state index contributed by atoms with van der Waals surface area (Å²) in [5.74, 6) is 0.0189. The Balaban J connectivity index is 2.95. The smallest absolute Gasteiger partial charge is 0.410 e. The molecule has 26 heavy (non-hydrogen) atoms. The van der Waals surface area contributed by atoms with Crippen molar-refractivity contribution in [3.05, 3.63) is 24.3 Å². The zero-order valence-electron chi connectivity index (χ0n) is 17.4. The molecule has 148 valence electrons. The summed E-state index contributed by atoms with van der Waals surface area (Å²) >= 11 is 0. The fourth-order valence-electron chi connectivity index (χ4n) is 2.66. The molecule has 1 fully saturated rings. The highest BCUT2D eigenvalue weighted by atomic mass is 28.4. The molecule has 2 atom stereocenters. The lowest BCUT2D eigenvalue weighted by atomic mass is 10.1. The van der Waals surface area contributed by atoms with Crippen LogP contribution < -0.4 is 0 Å². The van der Waals surface area contributed by atoms with Crippen LogP contribution in [0.3, 0.4) is 0 Å². The number of Topliss-reactive ketones (excluding diaryl/α,β-unsaturated/α-hetero) is 1. The minimum absolute atomic E-state index is 0.0189. The third-order valence-electron chi connectivity index (χ3n) is 5.52. The molecule has 6 heteroatoms. The van der Waals surface area contributed by atoms with E-state index in [1.165, 1.54) is 0 Å². The molecule has 1 aliphatic heterocycles. The lowest BCUT2D eigenvalue weighted by Gasteiger charge is -2.38. The maximum absolute atomic E-state index is 12.6. The van der Waals surface area contributed by atoms with Gasteiger partial charge in [-0.3, -0.25) is 9.69 Å². The van der Waals surface area contributed by atoms with Crippen molar-refractivity contribution in [2.75, 3.05) is 13.2 Å². The Bertz CT molecular complexity index is 563. The third-order valence-corrected chi connectivity index (χ3v) is 10.0. The fourth-order valence-corrected chi connectivity index (χ4v) is 3.70. The van der Waals surface area contributed by atoms with Crippen molar-refractivity contribution in [2.45, 2.75) is 77.7 Å².